The topological polar surface area (TPSA) is 48.7 Å². The lowest BCUT2D eigenvalue weighted by atomic mass is 9.82. The molecule has 0 saturated carbocycles. The van der Waals surface area contributed by atoms with E-state index in [2.05, 4.69) is 50.7 Å². The summed E-state index contributed by atoms with van der Waals surface area (Å²) in [6.45, 7) is 14.7. The standard InChI is InChI=1S/C16H29N3O2/c1-6-9-21-19-15(2,3)13(12-17)14(16(19,4)5)18-7-10-20-11-8-18/h13-14H,6-11H2,1-5H3. The minimum absolute atomic E-state index is 0.0811. The number of nitrogens with zero attached hydrogens (tertiary/aromatic N) is 3. The smallest absolute Gasteiger partial charge is 0.0838 e. The van der Waals surface area contributed by atoms with Crippen LogP contribution in [0.2, 0.25) is 0 Å². The van der Waals surface area contributed by atoms with E-state index in [9.17, 15) is 5.26 Å². The van der Waals surface area contributed by atoms with E-state index in [1.54, 1.807) is 0 Å². The molecular formula is C16H29N3O2. The molecule has 2 heterocycles. The molecule has 0 radical (unpaired) electrons. The number of hydroxylamine groups is 2. The quantitative estimate of drug-likeness (QED) is 0.794. The van der Waals surface area contributed by atoms with Gasteiger partial charge >= 0.3 is 0 Å². The monoisotopic (exact) mass is 295 g/mol. The van der Waals surface area contributed by atoms with E-state index >= 15 is 0 Å². The molecule has 0 spiro atoms. The Bertz CT molecular complexity index is 397. The second-order valence-electron chi connectivity index (χ2n) is 7.13. The number of ether oxygens (including phenoxy) is 1. The van der Waals surface area contributed by atoms with Crippen LogP contribution in [0.4, 0.5) is 0 Å². The molecular weight excluding hydrogens is 266 g/mol. The fourth-order valence-corrected chi connectivity index (χ4v) is 4.04. The van der Waals surface area contributed by atoms with Crippen LogP contribution in [-0.2, 0) is 9.57 Å². The largest absolute Gasteiger partial charge is 0.379 e. The maximum Gasteiger partial charge on any atom is 0.0838 e. The van der Waals surface area contributed by atoms with Gasteiger partial charge in [0.2, 0.25) is 0 Å². The van der Waals surface area contributed by atoms with Crippen LogP contribution in [-0.4, -0.2) is 60.0 Å². The molecule has 0 aromatic rings. The van der Waals surface area contributed by atoms with E-state index in [1.165, 1.54) is 0 Å². The maximum atomic E-state index is 9.79. The van der Waals surface area contributed by atoms with Crippen molar-refractivity contribution in [3.63, 3.8) is 0 Å². The third-order valence-corrected chi connectivity index (χ3v) is 4.85. The summed E-state index contributed by atoms with van der Waals surface area (Å²) < 4.78 is 5.47. The summed E-state index contributed by atoms with van der Waals surface area (Å²) in [4.78, 5) is 8.47. The summed E-state index contributed by atoms with van der Waals surface area (Å²) >= 11 is 0. The van der Waals surface area contributed by atoms with Crippen molar-refractivity contribution in [3.05, 3.63) is 0 Å². The van der Waals surface area contributed by atoms with Gasteiger partial charge in [-0.3, -0.25) is 9.74 Å². The summed E-state index contributed by atoms with van der Waals surface area (Å²) in [5, 5.41) is 11.9. The summed E-state index contributed by atoms with van der Waals surface area (Å²) in [6, 6.07) is 2.72. The summed E-state index contributed by atoms with van der Waals surface area (Å²) in [5.74, 6) is -0.0811. The highest BCUT2D eigenvalue weighted by molar-refractivity contribution is 5.19. The first-order chi connectivity index (χ1) is 9.87. The predicted octanol–water partition coefficient (Wildman–Crippen LogP) is 2.04. The predicted molar refractivity (Wildman–Crippen MR) is 81.5 cm³/mol. The van der Waals surface area contributed by atoms with Gasteiger partial charge in [0, 0.05) is 19.1 Å². The first-order valence-corrected chi connectivity index (χ1v) is 8.02. The molecule has 120 valence electrons. The molecule has 2 unspecified atom stereocenters. The number of rotatable bonds is 4. The van der Waals surface area contributed by atoms with Gasteiger partial charge in [-0.15, -0.1) is 0 Å². The van der Waals surface area contributed by atoms with E-state index in [4.69, 9.17) is 9.57 Å². The minimum Gasteiger partial charge on any atom is -0.379 e. The molecule has 2 saturated heterocycles. The van der Waals surface area contributed by atoms with Crippen molar-refractivity contribution >= 4 is 0 Å². The van der Waals surface area contributed by atoms with Gasteiger partial charge in [-0.05, 0) is 34.1 Å². The van der Waals surface area contributed by atoms with Crippen LogP contribution in [0.3, 0.4) is 0 Å². The second kappa shape index (κ2) is 6.21. The summed E-state index contributed by atoms with van der Waals surface area (Å²) in [7, 11) is 0. The lowest BCUT2D eigenvalue weighted by Gasteiger charge is -2.43. The summed E-state index contributed by atoms with van der Waals surface area (Å²) in [6.07, 6.45) is 0.974. The Morgan fingerprint density at radius 1 is 1.19 bits per heavy atom. The van der Waals surface area contributed by atoms with Gasteiger partial charge in [0.25, 0.3) is 0 Å². The Morgan fingerprint density at radius 3 is 2.33 bits per heavy atom. The normalized spacial score (nSPS) is 33.0. The van der Waals surface area contributed by atoms with Gasteiger partial charge < -0.3 is 4.74 Å². The highest BCUT2D eigenvalue weighted by Gasteiger charge is 2.61. The molecule has 0 amide bonds. The molecule has 2 atom stereocenters. The number of morpholine rings is 1. The van der Waals surface area contributed by atoms with Gasteiger partial charge in [0.1, 0.15) is 0 Å². The van der Waals surface area contributed by atoms with E-state index in [0.29, 0.717) is 6.61 Å². The molecule has 0 N–H and O–H groups in total. The van der Waals surface area contributed by atoms with Gasteiger partial charge in [-0.25, -0.2) is 0 Å². The Morgan fingerprint density at radius 2 is 1.81 bits per heavy atom. The molecule has 5 heteroatoms. The average molecular weight is 295 g/mol. The highest BCUT2D eigenvalue weighted by Crippen LogP contribution is 2.47. The average Bonchev–Trinajstić information content (AvgIpc) is 2.59. The van der Waals surface area contributed by atoms with Gasteiger partial charge in [0.15, 0.2) is 0 Å². The third kappa shape index (κ3) is 2.83. The van der Waals surface area contributed by atoms with E-state index in [-0.39, 0.29) is 23.0 Å². The van der Waals surface area contributed by atoms with Crippen LogP contribution in [0.25, 0.3) is 0 Å². The van der Waals surface area contributed by atoms with Crippen molar-refractivity contribution in [2.24, 2.45) is 5.92 Å². The van der Waals surface area contributed by atoms with E-state index in [0.717, 1.165) is 32.7 Å². The first-order valence-electron chi connectivity index (χ1n) is 8.02. The Labute approximate surface area is 128 Å². The lowest BCUT2D eigenvalue weighted by molar-refractivity contribution is -0.246. The van der Waals surface area contributed by atoms with Crippen LogP contribution in [0, 0.1) is 17.2 Å². The number of hydrogen-bond donors (Lipinski definition) is 0. The third-order valence-electron chi connectivity index (χ3n) is 4.85. The van der Waals surface area contributed by atoms with Crippen molar-refractivity contribution in [1.29, 1.82) is 5.26 Å². The fourth-order valence-electron chi connectivity index (χ4n) is 4.04. The van der Waals surface area contributed by atoms with Crippen molar-refractivity contribution < 1.29 is 9.57 Å². The van der Waals surface area contributed by atoms with Gasteiger partial charge in [-0.2, -0.15) is 10.3 Å². The highest BCUT2D eigenvalue weighted by atomic mass is 16.7. The van der Waals surface area contributed by atoms with Crippen LogP contribution in [0.5, 0.6) is 0 Å². The molecule has 2 rings (SSSR count). The van der Waals surface area contributed by atoms with Crippen molar-refractivity contribution in [1.82, 2.24) is 9.96 Å². The molecule has 2 aliphatic heterocycles. The number of hydrogen-bond acceptors (Lipinski definition) is 5. The van der Waals surface area contributed by atoms with Crippen LogP contribution in [0.15, 0.2) is 0 Å². The first kappa shape index (κ1) is 16.7. The fraction of sp³-hybridized carbons (Fsp3) is 0.938. The zero-order chi connectivity index (χ0) is 15.7. The maximum absolute atomic E-state index is 9.79. The Kier molecular flexibility index (Phi) is 4.94. The van der Waals surface area contributed by atoms with Gasteiger partial charge in [-0.1, -0.05) is 6.92 Å². The Balaban J connectivity index is 2.31. The molecule has 0 bridgehead atoms. The van der Waals surface area contributed by atoms with Crippen molar-refractivity contribution in [2.75, 3.05) is 32.9 Å². The SMILES string of the molecule is CCCON1C(C)(C)C(C#N)C(N2CCOCC2)C1(C)C. The van der Waals surface area contributed by atoms with Gasteiger partial charge in [0.05, 0.1) is 42.9 Å². The summed E-state index contributed by atoms with van der Waals surface area (Å²) in [5.41, 5.74) is -0.493. The van der Waals surface area contributed by atoms with Crippen LogP contribution in [0.1, 0.15) is 41.0 Å². The van der Waals surface area contributed by atoms with Crippen LogP contribution >= 0.6 is 0 Å². The second-order valence-corrected chi connectivity index (χ2v) is 7.13. The Hall–Kier alpha value is -0.670. The molecule has 2 fully saturated rings. The lowest BCUT2D eigenvalue weighted by Crippen LogP contribution is -2.57. The van der Waals surface area contributed by atoms with E-state index in [1.807, 2.05) is 0 Å². The zero-order valence-electron chi connectivity index (χ0n) is 14.1. The van der Waals surface area contributed by atoms with E-state index < -0.39 is 0 Å². The zero-order valence-corrected chi connectivity index (χ0v) is 14.1. The minimum atomic E-state index is -0.295. The molecule has 21 heavy (non-hydrogen) atoms. The molecule has 0 aromatic heterocycles. The molecule has 2 aliphatic rings. The molecule has 0 aliphatic carbocycles. The molecule has 5 nitrogen and oxygen atoms in total. The van der Waals surface area contributed by atoms with Crippen LogP contribution < -0.4 is 0 Å². The van der Waals surface area contributed by atoms with Crippen molar-refractivity contribution in [3.8, 4) is 6.07 Å². The molecule has 0 aromatic carbocycles. The number of nitriles is 1. The van der Waals surface area contributed by atoms with Crippen molar-refractivity contribution in [2.45, 2.75) is 58.2 Å².